The molecule has 3 N–H and O–H groups in total. The largest absolute Gasteiger partial charge is 0.374 e. The van der Waals surface area contributed by atoms with Crippen molar-refractivity contribution in [3.63, 3.8) is 0 Å². The third-order valence-electron chi connectivity index (χ3n) is 1.86. The van der Waals surface area contributed by atoms with Crippen molar-refractivity contribution in [3.05, 3.63) is 17.5 Å². The van der Waals surface area contributed by atoms with Crippen LogP contribution in [0, 0.1) is 13.8 Å². The second-order valence-corrected chi connectivity index (χ2v) is 6.35. The predicted molar refractivity (Wildman–Crippen MR) is 66.6 cm³/mol. The highest BCUT2D eigenvalue weighted by molar-refractivity contribution is 7.94. The molecule has 2 rings (SSSR count). The van der Waals surface area contributed by atoms with Gasteiger partial charge in [-0.25, -0.2) is 14.7 Å². The summed E-state index contributed by atoms with van der Waals surface area (Å²) in [6.45, 7) is 3.49. The third kappa shape index (κ3) is 2.71. The quantitative estimate of drug-likeness (QED) is 0.833. The van der Waals surface area contributed by atoms with Gasteiger partial charge in [0.2, 0.25) is 11.1 Å². The molecule has 0 atom stereocenters. The van der Waals surface area contributed by atoms with Crippen LogP contribution < -0.4 is 10.5 Å². The van der Waals surface area contributed by atoms with Crippen LogP contribution >= 0.6 is 11.3 Å². The number of nitrogen functional groups attached to an aromatic ring is 1. The van der Waals surface area contributed by atoms with Crippen molar-refractivity contribution in [1.82, 2.24) is 20.2 Å². The molecule has 0 aromatic carbocycles. The number of nitrogens with two attached hydrogens (primary N) is 1. The summed E-state index contributed by atoms with van der Waals surface area (Å²) >= 11 is 0.772. The van der Waals surface area contributed by atoms with Crippen LogP contribution in [0.25, 0.3) is 0 Å². The van der Waals surface area contributed by atoms with Crippen molar-refractivity contribution in [2.45, 2.75) is 18.2 Å². The van der Waals surface area contributed by atoms with E-state index >= 15 is 0 Å². The van der Waals surface area contributed by atoms with E-state index < -0.39 is 10.0 Å². The molecule has 0 bridgehead atoms. The number of nitrogens with one attached hydrogen (secondary N) is 1. The molecule has 0 saturated carbocycles. The first-order valence-electron chi connectivity index (χ1n) is 4.81. The van der Waals surface area contributed by atoms with E-state index in [1.165, 1.54) is 0 Å². The van der Waals surface area contributed by atoms with E-state index in [0.717, 1.165) is 11.3 Å². The van der Waals surface area contributed by atoms with Gasteiger partial charge in [0, 0.05) is 11.4 Å². The van der Waals surface area contributed by atoms with Crippen LogP contribution in [0.15, 0.2) is 10.4 Å². The van der Waals surface area contributed by atoms with E-state index in [2.05, 4.69) is 24.9 Å². The van der Waals surface area contributed by atoms with Crippen molar-refractivity contribution in [3.8, 4) is 0 Å². The maximum atomic E-state index is 11.9. The Balaban J connectivity index is 2.33. The number of hydrogen-bond acceptors (Lipinski definition) is 8. The van der Waals surface area contributed by atoms with Gasteiger partial charge in [0.05, 0.1) is 0 Å². The number of rotatable bonds is 3. The van der Waals surface area contributed by atoms with Crippen LogP contribution in [0.1, 0.15) is 11.4 Å². The van der Waals surface area contributed by atoms with Gasteiger partial charge in [0.15, 0.2) is 0 Å². The van der Waals surface area contributed by atoms with Crippen molar-refractivity contribution in [2.75, 3.05) is 10.5 Å². The topological polar surface area (TPSA) is 124 Å². The summed E-state index contributed by atoms with van der Waals surface area (Å²) < 4.78 is 25.8. The van der Waals surface area contributed by atoms with Gasteiger partial charge in [-0.05, 0) is 19.9 Å². The molecule has 0 saturated heterocycles. The fourth-order valence-corrected chi connectivity index (χ4v) is 2.99. The minimum atomic E-state index is -3.84. The van der Waals surface area contributed by atoms with Crippen LogP contribution in [0.2, 0.25) is 0 Å². The molecular formula is C8H10N6O2S2. The van der Waals surface area contributed by atoms with Gasteiger partial charge in [-0.1, -0.05) is 11.3 Å². The molecule has 8 nitrogen and oxygen atoms in total. The van der Waals surface area contributed by atoms with Crippen LogP contribution in [-0.2, 0) is 10.0 Å². The lowest BCUT2D eigenvalue weighted by molar-refractivity contribution is 0.599. The Kier molecular flexibility index (Phi) is 3.13. The summed E-state index contributed by atoms with van der Waals surface area (Å²) in [5.41, 5.74) is 6.67. The van der Waals surface area contributed by atoms with Crippen LogP contribution in [0.3, 0.4) is 0 Å². The number of aromatic nitrogens is 4. The molecule has 0 aliphatic carbocycles. The van der Waals surface area contributed by atoms with E-state index in [-0.39, 0.29) is 15.4 Å². The lowest BCUT2D eigenvalue weighted by atomic mass is 10.4. The minimum absolute atomic E-state index is 0.00118. The van der Waals surface area contributed by atoms with Crippen molar-refractivity contribution in [1.29, 1.82) is 0 Å². The molecule has 0 unspecified atom stereocenters. The van der Waals surface area contributed by atoms with E-state index in [4.69, 9.17) is 5.73 Å². The van der Waals surface area contributed by atoms with Gasteiger partial charge in [-0.3, -0.25) is 0 Å². The van der Waals surface area contributed by atoms with E-state index in [1.54, 1.807) is 19.9 Å². The van der Waals surface area contributed by atoms with Crippen molar-refractivity contribution < 1.29 is 8.42 Å². The zero-order chi connectivity index (χ0) is 13.3. The van der Waals surface area contributed by atoms with Gasteiger partial charge in [-0.15, -0.1) is 10.2 Å². The standard InChI is InChI=1S/C8H10N6O2S2/c1-4-3-5(2)11-7(10-4)14-18(15,16)8-13-12-6(9)17-8/h3H,1-2H3,(H2,9,12)(H,10,11,14). The molecule has 2 aromatic rings. The zero-order valence-corrected chi connectivity index (χ0v) is 11.2. The van der Waals surface area contributed by atoms with Gasteiger partial charge >= 0.3 is 0 Å². The predicted octanol–water partition coefficient (Wildman–Crippen LogP) is 0.328. The lowest BCUT2D eigenvalue weighted by Crippen LogP contribution is -2.15. The number of hydrogen-bond donors (Lipinski definition) is 2. The summed E-state index contributed by atoms with van der Waals surface area (Å²) in [6.07, 6.45) is 0. The number of aryl methyl sites for hydroxylation is 2. The van der Waals surface area contributed by atoms with Crippen molar-refractivity contribution >= 4 is 32.4 Å². The molecule has 0 aliphatic heterocycles. The Morgan fingerprint density at radius 2 is 1.83 bits per heavy atom. The Morgan fingerprint density at radius 3 is 2.33 bits per heavy atom. The molecule has 0 spiro atoms. The van der Waals surface area contributed by atoms with Gasteiger partial charge in [0.1, 0.15) is 0 Å². The molecule has 0 aliphatic rings. The van der Waals surface area contributed by atoms with Crippen molar-refractivity contribution in [2.24, 2.45) is 0 Å². The summed E-state index contributed by atoms with van der Waals surface area (Å²) in [5.74, 6) is 0.00118. The second-order valence-electron chi connectivity index (χ2n) is 3.49. The Labute approximate surface area is 107 Å². The van der Waals surface area contributed by atoms with Gasteiger partial charge < -0.3 is 5.73 Å². The minimum Gasteiger partial charge on any atom is -0.374 e. The average Bonchev–Trinajstić information content (AvgIpc) is 2.62. The number of anilines is 2. The van der Waals surface area contributed by atoms with Gasteiger partial charge in [0.25, 0.3) is 14.4 Å². The Bertz CT molecular complexity index is 660. The molecule has 18 heavy (non-hydrogen) atoms. The highest BCUT2D eigenvalue weighted by Crippen LogP contribution is 2.19. The smallest absolute Gasteiger partial charge is 0.293 e. The maximum absolute atomic E-state index is 11.9. The fraction of sp³-hybridized carbons (Fsp3) is 0.250. The summed E-state index contributed by atoms with van der Waals surface area (Å²) in [4.78, 5) is 7.95. The lowest BCUT2D eigenvalue weighted by Gasteiger charge is -2.04. The third-order valence-corrected chi connectivity index (χ3v) is 4.31. The first kappa shape index (κ1) is 12.6. The molecule has 0 fully saturated rings. The fourth-order valence-electron chi connectivity index (χ4n) is 1.26. The molecule has 0 amide bonds. The van der Waals surface area contributed by atoms with Crippen LogP contribution in [0.5, 0.6) is 0 Å². The molecule has 2 heterocycles. The summed E-state index contributed by atoms with van der Waals surface area (Å²) in [7, 11) is -3.84. The molecule has 10 heteroatoms. The van der Waals surface area contributed by atoms with Crippen LogP contribution in [-0.4, -0.2) is 28.6 Å². The first-order chi connectivity index (χ1) is 8.37. The number of sulfonamides is 1. The highest BCUT2D eigenvalue weighted by Gasteiger charge is 2.21. The number of nitrogens with zero attached hydrogens (tertiary/aromatic N) is 4. The molecule has 0 radical (unpaired) electrons. The molecule has 96 valence electrons. The normalized spacial score (nSPS) is 11.4. The SMILES string of the molecule is Cc1cc(C)nc(NS(=O)(=O)c2nnc(N)s2)n1. The van der Waals surface area contributed by atoms with E-state index in [9.17, 15) is 8.42 Å². The van der Waals surface area contributed by atoms with E-state index in [0.29, 0.717) is 11.4 Å². The first-order valence-corrected chi connectivity index (χ1v) is 7.11. The van der Waals surface area contributed by atoms with E-state index in [1.807, 2.05) is 0 Å². The Morgan fingerprint density at radius 1 is 1.22 bits per heavy atom. The zero-order valence-electron chi connectivity index (χ0n) is 9.58. The van der Waals surface area contributed by atoms with Crippen LogP contribution in [0.4, 0.5) is 11.1 Å². The highest BCUT2D eigenvalue weighted by atomic mass is 32.2. The monoisotopic (exact) mass is 286 g/mol. The maximum Gasteiger partial charge on any atom is 0.293 e. The molecule has 2 aromatic heterocycles. The summed E-state index contributed by atoms with van der Waals surface area (Å²) in [5, 5.41) is 6.99. The Hall–Kier alpha value is -1.81. The molecular weight excluding hydrogens is 276 g/mol. The average molecular weight is 286 g/mol. The second kappa shape index (κ2) is 4.46. The van der Waals surface area contributed by atoms with Gasteiger partial charge in [-0.2, -0.15) is 8.42 Å². The summed E-state index contributed by atoms with van der Waals surface area (Å²) in [6, 6.07) is 1.74.